The Morgan fingerprint density at radius 1 is 1.91 bits per heavy atom. The maximum absolute atomic E-state index is 8.66. The summed E-state index contributed by atoms with van der Waals surface area (Å²) in [7, 11) is 1.37. The van der Waals surface area contributed by atoms with Gasteiger partial charge in [-0.25, -0.2) is 0 Å². The summed E-state index contributed by atoms with van der Waals surface area (Å²) in [6.45, 7) is 1.91. The van der Waals surface area contributed by atoms with E-state index >= 15 is 0 Å². The summed E-state index contributed by atoms with van der Waals surface area (Å²) in [5.74, 6) is -0.0909. The minimum Gasteiger partial charge on any atom is -0.482 e. The number of methoxy groups -OCH3 is 1. The van der Waals surface area contributed by atoms with E-state index < -0.39 is 5.60 Å². The maximum Gasteiger partial charge on any atom is 0.256 e. The van der Waals surface area contributed by atoms with Crippen LogP contribution in [0.25, 0.3) is 0 Å². The molecule has 11 heavy (non-hydrogen) atoms. The molecule has 0 aromatic rings. The van der Waals surface area contributed by atoms with Crippen LogP contribution in [0.5, 0.6) is 0 Å². The molecule has 0 radical (unpaired) electrons. The lowest BCUT2D eigenvalue weighted by atomic mass is 10.1. The minimum atomic E-state index is -1.07. The Labute approximate surface area is 65.2 Å². The van der Waals surface area contributed by atoms with Gasteiger partial charge in [-0.3, -0.25) is 5.41 Å². The number of hydrogen-bond acceptors (Lipinski definition) is 4. The fourth-order valence-electron chi connectivity index (χ4n) is 1.06. The lowest BCUT2D eigenvalue weighted by molar-refractivity contribution is 0.317. The molecule has 4 heteroatoms. The highest BCUT2D eigenvalue weighted by Gasteiger charge is 2.61. The third-order valence-corrected chi connectivity index (χ3v) is 1.80. The van der Waals surface area contributed by atoms with E-state index in [1.807, 2.05) is 13.0 Å². The van der Waals surface area contributed by atoms with Gasteiger partial charge in [-0.2, -0.15) is 5.26 Å². The third kappa shape index (κ3) is 0.976. The second-order valence-corrected chi connectivity index (χ2v) is 2.40. The predicted molar refractivity (Wildman–Crippen MR) is 38.2 cm³/mol. The summed E-state index contributed by atoms with van der Waals surface area (Å²) in [5, 5.41) is 15.9. The van der Waals surface area contributed by atoms with Gasteiger partial charge in [0.25, 0.3) is 5.60 Å². The number of nitriles is 1. The van der Waals surface area contributed by atoms with Gasteiger partial charge in [0, 0.05) is 0 Å². The van der Waals surface area contributed by atoms with Crippen molar-refractivity contribution in [1.82, 2.24) is 0 Å². The lowest BCUT2D eigenvalue weighted by Gasteiger charge is -2.02. The summed E-state index contributed by atoms with van der Waals surface area (Å²) in [4.78, 5) is 0. The molecule has 0 unspecified atom stereocenters. The molecular formula is C7H10N2O2. The van der Waals surface area contributed by atoms with Crippen LogP contribution in [0, 0.1) is 16.7 Å². The van der Waals surface area contributed by atoms with Gasteiger partial charge in [-0.05, 0) is 6.42 Å². The summed E-state index contributed by atoms with van der Waals surface area (Å²) in [5.41, 5.74) is -1.07. The fraction of sp³-hybridized carbons (Fsp3) is 0.714. The van der Waals surface area contributed by atoms with E-state index in [-0.39, 0.29) is 12.0 Å². The van der Waals surface area contributed by atoms with E-state index in [0.29, 0.717) is 0 Å². The molecule has 0 amide bonds. The van der Waals surface area contributed by atoms with Crippen LogP contribution in [0.15, 0.2) is 0 Å². The number of nitrogens with zero attached hydrogens (tertiary/aromatic N) is 1. The number of ether oxygens (including phenoxy) is 2. The molecule has 1 aliphatic heterocycles. The first-order valence-electron chi connectivity index (χ1n) is 3.43. The highest BCUT2D eigenvalue weighted by molar-refractivity contribution is 5.89. The molecule has 1 N–H and O–H groups in total. The van der Waals surface area contributed by atoms with Crippen molar-refractivity contribution in [2.24, 2.45) is 0 Å². The highest BCUT2D eigenvalue weighted by Crippen LogP contribution is 2.39. The fourth-order valence-corrected chi connectivity index (χ4v) is 1.06. The zero-order chi connectivity index (χ0) is 8.48. The summed E-state index contributed by atoms with van der Waals surface area (Å²) < 4.78 is 9.68. The third-order valence-electron chi connectivity index (χ3n) is 1.80. The zero-order valence-corrected chi connectivity index (χ0v) is 6.55. The van der Waals surface area contributed by atoms with E-state index in [9.17, 15) is 0 Å². The second kappa shape index (κ2) is 2.51. The number of hydrogen-bond donors (Lipinski definition) is 1. The molecule has 60 valence electrons. The van der Waals surface area contributed by atoms with Gasteiger partial charge in [-0.15, -0.1) is 0 Å². The Balaban J connectivity index is 2.69. The van der Waals surface area contributed by atoms with Crippen LogP contribution in [0.2, 0.25) is 0 Å². The van der Waals surface area contributed by atoms with Crippen LogP contribution in [0.4, 0.5) is 0 Å². The molecule has 0 spiro atoms. The highest BCUT2D eigenvalue weighted by atomic mass is 16.6. The molecule has 4 nitrogen and oxygen atoms in total. The van der Waals surface area contributed by atoms with Crippen LogP contribution >= 0.6 is 0 Å². The number of epoxide rings is 1. The van der Waals surface area contributed by atoms with Crippen molar-refractivity contribution in [3.63, 3.8) is 0 Å². The molecule has 0 bridgehead atoms. The first-order chi connectivity index (χ1) is 5.21. The molecule has 1 aliphatic rings. The van der Waals surface area contributed by atoms with Crippen molar-refractivity contribution in [3.8, 4) is 6.07 Å². The predicted octanol–water partition coefficient (Wildman–Crippen LogP) is 0.681. The van der Waals surface area contributed by atoms with Crippen LogP contribution in [-0.4, -0.2) is 24.7 Å². The van der Waals surface area contributed by atoms with Crippen molar-refractivity contribution in [3.05, 3.63) is 0 Å². The van der Waals surface area contributed by atoms with Crippen molar-refractivity contribution < 1.29 is 9.47 Å². The molecule has 0 aromatic carbocycles. The van der Waals surface area contributed by atoms with E-state index in [1.165, 1.54) is 7.11 Å². The van der Waals surface area contributed by atoms with Crippen LogP contribution in [0.3, 0.4) is 0 Å². The summed E-state index contributed by atoms with van der Waals surface area (Å²) in [6.07, 6.45) is 0.583. The van der Waals surface area contributed by atoms with Gasteiger partial charge in [-0.1, -0.05) is 6.92 Å². The topological polar surface area (TPSA) is 69.4 Å². The van der Waals surface area contributed by atoms with E-state index in [1.54, 1.807) is 0 Å². The Kier molecular flexibility index (Phi) is 1.83. The van der Waals surface area contributed by atoms with Gasteiger partial charge in [0.2, 0.25) is 5.90 Å². The maximum atomic E-state index is 8.66. The quantitative estimate of drug-likeness (QED) is 0.361. The van der Waals surface area contributed by atoms with Crippen molar-refractivity contribution >= 4 is 5.90 Å². The number of nitrogens with one attached hydrogen (secondary N) is 1. The van der Waals surface area contributed by atoms with Gasteiger partial charge >= 0.3 is 0 Å². The molecular weight excluding hydrogens is 144 g/mol. The zero-order valence-electron chi connectivity index (χ0n) is 6.55. The van der Waals surface area contributed by atoms with Crippen molar-refractivity contribution in [1.29, 1.82) is 10.7 Å². The Bertz CT molecular complexity index is 221. The first-order valence-corrected chi connectivity index (χ1v) is 3.43. The van der Waals surface area contributed by atoms with Crippen molar-refractivity contribution in [2.75, 3.05) is 7.11 Å². The average molecular weight is 154 g/mol. The van der Waals surface area contributed by atoms with E-state index in [0.717, 1.165) is 6.42 Å². The Morgan fingerprint density at radius 3 is 2.82 bits per heavy atom. The van der Waals surface area contributed by atoms with Gasteiger partial charge in [0.05, 0.1) is 7.11 Å². The van der Waals surface area contributed by atoms with Crippen LogP contribution in [0.1, 0.15) is 13.3 Å². The largest absolute Gasteiger partial charge is 0.482 e. The molecule has 0 saturated carbocycles. The second-order valence-electron chi connectivity index (χ2n) is 2.40. The molecule has 0 aliphatic carbocycles. The van der Waals surface area contributed by atoms with Crippen LogP contribution in [-0.2, 0) is 9.47 Å². The van der Waals surface area contributed by atoms with Crippen LogP contribution < -0.4 is 0 Å². The SMILES string of the molecule is CC[C@H]1O[C@@]1(C#N)C(=N)OC. The summed E-state index contributed by atoms with van der Waals surface area (Å²) >= 11 is 0. The number of rotatable bonds is 2. The lowest BCUT2D eigenvalue weighted by Crippen LogP contribution is -2.26. The van der Waals surface area contributed by atoms with Gasteiger partial charge < -0.3 is 9.47 Å². The van der Waals surface area contributed by atoms with Crippen molar-refractivity contribution in [2.45, 2.75) is 25.0 Å². The Hall–Kier alpha value is -1.08. The molecule has 1 heterocycles. The molecule has 1 saturated heterocycles. The molecule has 2 atom stereocenters. The monoisotopic (exact) mass is 154 g/mol. The van der Waals surface area contributed by atoms with Gasteiger partial charge in [0.1, 0.15) is 12.2 Å². The van der Waals surface area contributed by atoms with Gasteiger partial charge in [0.15, 0.2) is 0 Å². The normalized spacial score (nSPS) is 34.1. The average Bonchev–Trinajstić information content (AvgIpc) is 2.78. The minimum absolute atomic E-state index is 0.0909. The Morgan fingerprint density at radius 2 is 2.55 bits per heavy atom. The standard InChI is InChI=1S/C7H10N2O2/c1-3-5-7(4-8,11-5)6(9)10-2/h5,9H,3H2,1-2H3/t5-,7-/m1/s1. The smallest absolute Gasteiger partial charge is 0.256 e. The molecule has 1 fully saturated rings. The van der Waals surface area contributed by atoms with E-state index in [2.05, 4.69) is 4.74 Å². The molecule has 0 aromatic heterocycles. The van der Waals surface area contributed by atoms with E-state index in [4.69, 9.17) is 15.4 Å². The first kappa shape index (κ1) is 8.02. The molecule has 1 rings (SSSR count). The summed E-state index contributed by atoms with van der Waals surface area (Å²) in [6, 6.07) is 1.93.